The van der Waals surface area contributed by atoms with Crippen molar-refractivity contribution in [2.24, 2.45) is 0 Å². The van der Waals surface area contributed by atoms with Crippen molar-refractivity contribution in [3.63, 3.8) is 0 Å². The molecule has 2 aromatic carbocycles. The van der Waals surface area contributed by atoms with Crippen LogP contribution in [-0.2, 0) is 0 Å². The van der Waals surface area contributed by atoms with Gasteiger partial charge in [-0.05, 0) is 44.5 Å². The predicted octanol–water partition coefficient (Wildman–Crippen LogP) is 4.17. The Hall–Kier alpha value is -2.60. The van der Waals surface area contributed by atoms with Crippen molar-refractivity contribution >= 4 is 11.6 Å². The molecule has 0 unspecified atom stereocenters. The van der Waals surface area contributed by atoms with Crippen molar-refractivity contribution < 1.29 is 4.79 Å². The number of nitriles is 1. The maximum Gasteiger partial charge on any atom is 0.258 e. The summed E-state index contributed by atoms with van der Waals surface area (Å²) >= 11 is 0. The second kappa shape index (κ2) is 6.91. The van der Waals surface area contributed by atoms with E-state index in [-0.39, 0.29) is 5.91 Å². The summed E-state index contributed by atoms with van der Waals surface area (Å²) in [5, 5.41) is 8.86. The van der Waals surface area contributed by atoms with Gasteiger partial charge in [-0.2, -0.15) is 5.26 Å². The van der Waals surface area contributed by atoms with Crippen LogP contribution in [0.5, 0.6) is 0 Å². The van der Waals surface area contributed by atoms with Gasteiger partial charge in [0.2, 0.25) is 0 Å². The van der Waals surface area contributed by atoms with Crippen LogP contribution >= 0.6 is 0 Å². The molecule has 0 aliphatic heterocycles. The first-order chi connectivity index (χ1) is 10.5. The average molecular weight is 292 g/mol. The number of anilines is 1. The number of rotatable bonds is 4. The van der Waals surface area contributed by atoms with Gasteiger partial charge in [-0.3, -0.25) is 4.79 Å². The SMILES string of the molecule is Cc1ccc(N(CCC#N)C(=O)c2ccc(C)cc2C)cc1. The summed E-state index contributed by atoms with van der Waals surface area (Å²) in [7, 11) is 0. The number of nitrogens with zero attached hydrogens (tertiary/aromatic N) is 2. The lowest BCUT2D eigenvalue weighted by Crippen LogP contribution is -2.32. The predicted molar refractivity (Wildman–Crippen MR) is 89.0 cm³/mol. The highest BCUT2D eigenvalue weighted by atomic mass is 16.2. The fraction of sp³-hybridized carbons (Fsp3) is 0.263. The van der Waals surface area contributed by atoms with Gasteiger partial charge in [-0.15, -0.1) is 0 Å². The molecule has 0 saturated carbocycles. The third-order valence-corrected chi connectivity index (χ3v) is 3.65. The van der Waals surface area contributed by atoms with Crippen molar-refractivity contribution in [3.05, 3.63) is 64.7 Å². The zero-order chi connectivity index (χ0) is 16.1. The number of hydrogen-bond donors (Lipinski definition) is 0. The minimum absolute atomic E-state index is 0.0587. The van der Waals surface area contributed by atoms with Crippen LogP contribution in [0.1, 0.15) is 33.5 Å². The smallest absolute Gasteiger partial charge is 0.258 e. The topological polar surface area (TPSA) is 44.1 Å². The maximum absolute atomic E-state index is 12.9. The van der Waals surface area contributed by atoms with Gasteiger partial charge in [0.15, 0.2) is 0 Å². The van der Waals surface area contributed by atoms with E-state index in [0.29, 0.717) is 18.5 Å². The van der Waals surface area contributed by atoms with Gasteiger partial charge in [0.25, 0.3) is 5.91 Å². The van der Waals surface area contributed by atoms with E-state index < -0.39 is 0 Å². The van der Waals surface area contributed by atoms with Gasteiger partial charge >= 0.3 is 0 Å². The van der Waals surface area contributed by atoms with Crippen molar-refractivity contribution in [3.8, 4) is 6.07 Å². The lowest BCUT2D eigenvalue weighted by molar-refractivity contribution is 0.0987. The summed E-state index contributed by atoms with van der Waals surface area (Å²) < 4.78 is 0. The van der Waals surface area contributed by atoms with Gasteiger partial charge in [-0.25, -0.2) is 0 Å². The Morgan fingerprint density at radius 2 is 1.68 bits per heavy atom. The van der Waals surface area contributed by atoms with Gasteiger partial charge in [0, 0.05) is 17.8 Å². The molecule has 2 aromatic rings. The number of hydrogen-bond acceptors (Lipinski definition) is 2. The van der Waals surface area contributed by atoms with Crippen LogP contribution in [0, 0.1) is 32.1 Å². The van der Waals surface area contributed by atoms with Crippen molar-refractivity contribution in [1.29, 1.82) is 5.26 Å². The lowest BCUT2D eigenvalue weighted by atomic mass is 10.0. The standard InChI is InChI=1S/C19H20N2O/c1-14-5-8-17(9-6-14)21(12-4-11-20)19(22)18-10-7-15(2)13-16(18)3/h5-10,13H,4,12H2,1-3H3. The van der Waals surface area contributed by atoms with Crippen LogP contribution in [0.2, 0.25) is 0 Å². The van der Waals surface area contributed by atoms with Crippen LogP contribution in [0.4, 0.5) is 5.69 Å². The van der Waals surface area contributed by atoms with Gasteiger partial charge in [0.1, 0.15) is 0 Å². The summed E-state index contributed by atoms with van der Waals surface area (Å²) in [6.45, 7) is 6.35. The van der Waals surface area contributed by atoms with Gasteiger partial charge in [-0.1, -0.05) is 35.4 Å². The van der Waals surface area contributed by atoms with E-state index in [4.69, 9.17) is 5.26 Å². The Morgan fingerprint density at radius 3 is 2.27 bits per heavy atom. The molecule has 0 N–H and O–H groups in total. The molecule has 0 spiro atoms. The summed E-state index contributed by atoms with van der Waals surface area (Å²) in [5.74, 6) is -0.0587. The van der Waals surface area contributed by atoms with Crippen molar-refractivity contribution in [1.82, 2.24) is 0 Å². The molecule has 0 aliphatic carbocycles. The summed E-state index contributed by atoms with van der Waals surface area (Å²) in [4.78, 5) is 14.6. The monoisotopic (exact) mass is 292 g/mol. The molecule has 1 amide bonds. The Kier molecular flexibility index (Phi) is 4.95. The Labute approximate surface area is 131 Å². The molecule has 0 atom stereocenters. The van der Waals surface area contributed by atoms with Crippen LogP contribution in [-0.4, -0.2) is 12.5 Å². The molecule has 0 fully saturated rings. The lowest BCUT2D eigenvalue weighted by Gasteiger charge is -2.23. The number of aryl methyl sites for hydroxylation is 3. The highest BCUT2D eigenvalue weighted by molar-refractivity contribution is 6.07. The molecule has 0 aliphatic rings. The second-order valence-corrected chi connectivity index (χ2v) is 5.52. The average Bonchev–Trinajstić information content (AvgIpc) is 2.49. The number of carbonyl (C=O) groups excluding carboxylic acids is 1. The first kappa shape index (κ1) is 15.8. The largest absolute Gasteiger partial charge is 0.307 e. The van der Waals surface area contributed by atoms with E-state index in [1.54, 1.807) is 4.90 Å². The third-order valence-electron chi connectivity index (χ3n) is 3.65. The second-order valence-electron chi connectivity index (χ2n) is 5.52. The Bertz CT molecular complexity index is 711. The van der Waals surface area contributed by atoms with Crippen molar-refractivity contribution in [2.45, 2.75) is 27.2 Å². The normalized spacial score (nSPS) is 10.1. The molecule has 3 nitrogen and oxygen atoms in total. The van der Waals surface area contributed by atoms with E-state index in [0.717, 1.165) is 22.4 Å². The van der Waals surface area contributed by atoms with Crippen LogP contribution < -0.4 is 4.90 Å². The van der Waals surface area contributed by atoms with E-state index in [2.05, 4.69) is 6.07 Å². The summed E-state index contributed by atoms with van der Waals surface area (Å²) in [6, 6.07) is 15.7. The molecule has 0 saturated heterocycles. The molecule has 22 heavy (non-hydrogen) atoms. The molecular formula is C19H20N2O. The van der Waals surface area contributed by atoms with E-state index in [1.807, 2.05) is 63.2 Å². The Balaban J connectivity index is 2.38. The van der Waals surface area contributed by atoms with Gasteiger partial charge in [0.05, 0.1) is 12.5 Å². The molecule has 2 rings (SSSR count). The molecule has 0 bridgehead atoms. The minimum Gasteiger partial charge on any atom is -0.307 e. The fourth-order valence-corrected chi connectivity index (χ4v) is 2.43. The first-order valence-electron chi connectivity index (χ1n) is 7.35. The van der Waals surface area contributed by atoms with Crippen LogP contribution in [0.25, 0.3) is 0 Å². The van der Waals surface area contributed by atoms with Crippen LogP contribution in [0.15, 0.2) is 42.5 Å². The van der Waals surface area contributed by atoms with E-state index >= 15 is 0 Å². The number of amides is 1. The third kappa shape index (κ3) is 3.53. The molecular weight excluding hydrogens is 272 g/mol. The molecule has 0 radical (unpaired) electrons. The summed E-state index contributed by atoms with van der Waals surface area (Å²) in [6.07, 6.45) is 0.310. The fourth-order valence-electron chi connectivity index (χ4n) is 2.43. The molecule has 3 heteroatoms. The highest BCUT2D eigenvalue weighted by Crippen LogP contribution is 2.20. The molecule has 0 aromatic heterocycles. The first-order valence-corrected chi connectivity index (χ1v) is 7.35. The quantitative estimate of drug-likeness (QED) is 0.848. The number of benzene rings is 2. The minimum atomic E-state index is -0.0587. The number of carbonyl (C=O) groups is 1. The zero-order valence-corrected chi connectivity index (χ0v) is 13.3. The summed E-state index contributed by atoms with van der Waals surface area (Å²) in [5.41, 5.74) is 4.74. The molecule has 112 valence electrons. The van der Waals surface area contributed by atoms with E-state index in [1.165, 1.54) is 0 Å². The Morgan fingerprint density at radius 1 is 1.05 bits per heavy atom. The zero-order valence-electron chi connectivity index (χ0n) is 13.3. The maximum atomic E-state index is 12.9. The molecule has 0 heterocycles. The highest BCUT2D eigenvalue weighted by Gasteiger charge is 2.19. The van der Waals surface area contributed by atoms with E-state index in [9.17, 15) is 4.79 Å². The van der Waals surface area contributed by atoms with Gasteiger partial charge < -0.3 is 4.90 Å². The van der Waals surface area contributed by atoms with Crippen molar-refractivity contribution in [2.75, 3.05) is 11.4 Å². The van der Waals surface area contributed by atoms with Crippen LogP contribution in [0.3, 0.4) is 0 Å².